The monoisotopic (exact) mass is 308 g/mol. The van der Waals surface area contributed by atoms with E-state index in [0.717, 1.165) is 25.7 Å². The van der Waals surface area contributed by atoms with Crippen LogP contribution in [0.25, 0.3) is 0 Å². The number of carbonyl (C=O) groups is 1. The average Bonchev–Trinajstić information content (AvgIpc) is 3.02. The smallest absolute Gasteiger partial charge is 0.221 e. The Morgan fingerprint density at radius 1 is 1.43 bits per heavy atom. The Labute approximate surface area is 132 Å². The van der Waals surface area contributed by atoms with Gasteiger partial charge in [0.2, 0.25) is 5.91 Å². The molecule has 21 heavy (non-hydrogen) atoms. The molecule has 4 heteroatoms. The molecule has 0 bridgehead atoms. The molecule has 0 spiro atoms. The molecule has 2 rings (SSSR count). The highest BCUT2D eigenvalue weighted by Crippen LogP contribution is 2.38. The van der Waals surface area contributed by atoms with Crippen LogP contribution in [0.3, 0.4) is 0 Å². The maximum absolute atomic E-state index is 12.5. The summed E-state index contributed by atoms with van der Waals surface area (Å²) < 4.78 is 0. The minimum absolute atomic E-state index is 0.0501. The summed E-state index contributed by atoms with van der Waals surface area (Å²) in [5, 5.41) is 5.32. The summed E-state index contributed by atoms with van der Waals surface area (Å²) in [7, 11) is 0. The standard InChI is InChI=1S/C17H28N2OS/c1-2-7-14(15-8-6-11-21-15)19-16(20)12-17(13-18)9-4-3-5-10-17/h6,8,11,14H,2-5,7,9-10,12-13,18H2,1H3,(H,19,20). The molecule has 0 aromatic carbocycles. The molecular formula is C17H28N2OS. The quantitative estimate of drug-likeness (QED) is 0.800. The lowest BCUT2D eigenvalue weighted by Gasteiger charge is -2.36. The highest BCUT2D eigenvalue weighted by atomic mass is 32.1. The van der Waals surface area contributed by atoms with Gasteiger partial charge in [0.15, 0.2) is 0 Å². The van der Waals surface area contributed by atoms with Crippen molar-refractivity contribution in [1.82, 2.24) is 5.32 Å². The molecule has 1 aliphatic carbocycles. The van der Waals surface area contributed by atoms with Gasteiger partial charge in [-0.15, -0.1) is 11.3 Å². The second kappa shape index (κ2) is 7.95. The minimum atomic E-state index is 0.0501. The van der Waals surface area contributed by atoms with Crippen LogP contribution < -0.4 is 11.1 Å². The topological polar surface area (TPSA) is 55.1 Å². The van der Waals surface area contributed by atoms with Gasteiger partial charge >= 0.3 is 0 Å². The minimum Gasteiger partial charge on any atom is -0.348 e. The van der Waals surface area contributed by atoms with Crippen LogP contribution in [0.1, 0.15) is 69.2 Å². The second-order valence-electron chi connectivity index (χ2n) is 6.37. The molecular weight excluding hydrogens is 280 g/mol. The van der Waals surface area contributed by atoms with Gasteiger partial charge < -0.3 is 11.1 Å². The van der Waals surface area contributed by atoms with E-state index in [2.05, 4.69) is 29.8 Å². The second-order valence-corrected chi connectivity index (χ2v) is 7.35. The molecule has 1 aromatic rings. The lowest BCUT2D eigenvalue weighted by Crippen LogP contribution is -2.39. The number of hydrogen-bond acceptors (Lipinski definition) is 3. The van der Waals surface area contributed by atoms with Crippen LogP contribution in [-0.2, 0) is 4.79 Å². The molecule has 0 saturated heterocycles. The first kappa shape index (κ1) is 16.5. The Morgan fingerprint density at radius 3 is 2.76 bits per heavy atom. The number of thiophene rings is 1. The fraction of sp³-hybridized carbons (Fsp3) is 0.706. The lowest BCUT2D eigenvalue weighted by molar-refractivity contribution is -0.124. The average molecular weight is 308 g/mol. The number of rotatable bonds is 7. The van der Waals surface area contributed by atoms with Gasteiger partial charge in [0, 0.05) is 11.3 Å². The molecule has 3 N–H and O–H groups in total. The van der Waals surface area contributed by atoms with Crippen molar-refractivity contribution in [2.75, 3.05) is 6.54 Å². The van der Waals surface area contributed by atoms with E-state index in [-0.39, 0.29) is 17.4 Å². The van der Waals surface area contributed by atoms with Gasteiger partial charge in [-0.05, 0) is 42.7 Å². The van der Waals surface area contributed by atoms with Crippen LogP contribution in [0.15, 0.2) is 17.5 Å². The maximum atomic E-state index is 12.5. The Bertz CT molecular complexity index is 424. The van der Waals surface area contributed by atoms with E-state index in [4.69, 9.17) is 5.73 Å². The molecule has 1 aromatic heterocycles. The van der Waals surface area contributed by atoms with Gasteiger partial charge in [-0.1, -0.05) is 38.7 Å². The summed E-state index contributed by atoms with van der Waals surface area (Å²) in [6.07, 6.45) is 8.60. The lowest BCUT2D eigenvalue weighted by atomic mass is 9.71. The zero-order valence-electron chi connectivity index (χ0n) is 13.1. The third kappa shape index (κ3) is 4.55. The highest BCUT2D eigenvalue weighted by Gasteiger charge is 2.33. The summed E-state index contributed by atoms with van der Waals surface area (Å²) in [6, 6.07) is 4.34. The van der Waals surface area contributed by atoms with Crippen LogP contribution in [0, 0.1) is 5.41 Å². The van der Waals surface area contributed by atoms with E-state index in [1.807, 2.05) is 0 Å². The number of hydrogen-bond donors (Lipinski definition) is 2. The molecule has 1 amide bonds. The Hall–Kier alpha value is -0.870. The molecule has 1 atom stereocenters. The molecule has 1 aliphatic rings. The zero-order chi connectivity index (χ0) is 15.1. The summed E-state index contributed by atoms with van der Waals surface area (Å²) in [4.78, 5) is 13.8. The molecule has 118 valence electrons. The first-order chi connectivity index (χ1) is 10.2. The number of nitrogens with one attached hydrogen (secondary N) is 1. The molecule has 1 unspecified atom stereocenters. The summed E-state index contributed by atoms with van der Waals surface area (Å²) >= 11 is 1.72. The Morgan fingerprint density at radius 2 is 2.19 bits per heavy atom. The first-order valence-corrected chi connectivity index (χ1v) is 9.10. The van der Waals surface area contributed by atoms with Crippen molar-refractivity contribution in [3.05, 3.63) is 22.4 Å². The SMILES string of the molecule is CCCC(NC(=O)CC1(CN)CCCCC1)c1cccs1. The Kier molecular flexibility index (Phi) is 6.24. The summed E-state index contributed by atoms with van der Waals surface area (Å²) in [5.41, 5.74) is 6.04. The molecule has 0 aliphatic heterocycles. The molecule has 3 nitrogen and oxygen atoms in total. The van der Waals surface area contributed by atoms with Crippen molar-refractivity contribution in [3.63, 3.8) is 0 Å². The van der Waals surface area contributed by atoms with Crippen molar-refractivity contribution in [2.24, 2.45) is 11.1 Å². The third-order valence-electron chi connectivity index (χ3n) is 4.68. The predicted molar refractivity (Wildman–Crippen MR) is 89.3 cm³/mol. The van der Waals surface area contributed by atoms with E-state index >= 15 is 0 Å². The zero-order valence-corrected chi connectivity index (χ0v) is 13.9. The van der Waals surface area contributed by atoms with Crippen LogP contribution >= 0.6 is 11.3 Å². The van der Waals surface area contributed by atoms with Crippen molar-refractivity contribution >= 4 is 17.2 Å². The van der Waals surface area contributed by atoms with Gasteiger partial charge in [-0.25, -0.2) is 0 Å². The number of amides is 1. The molecule has 1 fully saturated rings. The largest absolute Gasteiger partial charge is 0.348 e. The highest BCUT2D eigenvalue weighted by molar-refractivity contribution is 7.10. The van der Waals surface area contributed by atoms with Crippen LogP contribution in [0.2, 0.25) is 0 Å². The van der Waals surface area contributed by atoms with Crippen molar-refractivity contribution < 1.29 is 4.79 Å². The van der Waals surface area contributed by atoms with Crippen LogP contribution in [-0.4, -0.2) is 12.5 Å². The van der Waals surface area contributed by atoms with Crippen molar-refractivity contribution in [1.29, 1.82) is 0 Å². The van der Waals surface area contributed by atoms with Crippen LogP contribution in [0.4, 0.5) is 0 Å². The Balaban J connectivity index is 1.95. The first-order valence-electron chi connectivity index (χ1n) is 8.22. The van der Waals surface area contributed by atoms with Gasteiger partial charge in [0.1, 0.15) is 0 Å². The predicted octanol–water partition coefficient (Wildman–Crippen LogP) is 4.00. The van der Waals surface area contributed by atoms with Crippen LogP contribution in [0.5, 0.6) is 0 Å². The summed E-state index contributed by atoms with van der Waals surface area (Å²) in [5.74, 6) is 0.175. The van der Waals surface area contributed by atoms with E-state index in [9.17, 15) is 4.79 Å². The molecule has 1 heterocycles. The maximum Gasteiger partial charge on any atom is 0.221 e. The molecule has 0 radical (unpaired) electrons. The van der Waals surface area contributed by atoms with Gasteiger partial charge in [0.05, 0.1) is 6.04 Å². The fourth-order valence-corrected chi connectivity index (χ4v) is 4.22. The normalized spacial score (nSPS) is 19.1. The van der Waals surface area contributed by atoms with E-state index in [1.165, 1.54) is 24.1 Å². The van der Waals surface area contributed by atoms with Gasteiger partial charge in [-0.2, -0.15) is 0 Å². The van der Waals surface area contributed by atoms with Gasteiger partial charge in [0.25, 0.3) is 0 Å². The molecule has 1 saturated carbocycles. The third-order valence-corrected chi connectivity index (χ3v) is 5.67. The van der Waals surface area contributed by atoms with Gasteiger partial charge in [-0.3, -0.25) is 4.79 Å². The van der Waals surface area contributed by atoms with E-state index < -0.39 is 0 Å². The van der Waals surface area contributed by atoms with Crippen molar-refractivity contribution in [3.8, 4) is 0 Å². The van der Waals surface area contributed by atoms with Crippen molar-refractivity contribution in [2.45, 2.75) is 64.3 Å². The number of nitrogens with two attached hydrogens (primary N) is 1. The van der Waals surface area contributed by atoms with E-state index in [0.29, 0.717) is 13.0 Å². The number of carbonyl (C=O) groups excluding carboxylic acids is 1. The van der Waals surface area contributed by atoms with E-state index in [1.54, 1.807) is 11.3 Å². The fourth-order valence-electron chi connectivity index (χ4n) is 3.40. The summed E-state index contributed by atoms with van der Waals surface area (Å²) in [6.45, 7) is 2.80.